The Morgan fingerprint density at radius 3 is 2.11 bits per heavy atom. The van der Waals surface area contributed by atoms with E-state index in [4.69, 9.17) is 4.98 Å². The fourth-order valence-corrected chi connectivity index (χ4v) is 4.76. The average Bonchev–Trinajstić information content (AvgIpc) is 2.87. The van der Waals surface area contributed by atoms with Crippen molar-refractivity contribution >= 4 is 10.8 Å². The third-order valence-electron chi connectivity index (χ3n) is 5.92. The maximum absolute atomic E-state index is 4.85. The summed E-state index contributed by atoms with van der Waals surface area (Å²) in [4.78, 5) is 4.85. The quantitative estimate of drug-likeness (QED) is 0.367. The Bertz CT molecular complexity index is 1190. The molecule has 132 valence electrons. The zero-order chi connectivity index (χ0) is 18.8. The molecule has 0 amide bonds. The normalized spacial score (nSPS) is 14.2. The van der Waals surface area contributed by atoms with Gasteiger partial charge in [0, 0.05) is 17.2 Å². The van der Waals surface area contributed by atoms with Crippen LogP contribution in [0.3, 0.4) is 0 Å². The third-order valence-corrected chi connectivity index (χ3v) is 5.92. The van der Waals surface area contributed by atoms with E-state index in [0.717, 1.165) is 5.69 Å². The summed E-state index contributed by atoms with van der Waals surface area (Å²) in [5.41, 5.74) is 10.2. The molecule has 0 unspecified atom stereocenters. The summed E-state index contributed by atoms with van der Waals surface area (Å²) in [6, 6.07) is 22.3. The number of hydrogen-bond acceptors (Lipinski definition) is 1. The molecule has 27 heavy (non-hydrogen) atoms. The molecule has 0 N–H and O–H groups in total. The van der Waals surface area contributed by atoms with Crippen molar-refractivity contribution in [1.82, 2.24) is 4.98 Å². The minimum atomic E-state index is -0.0735. The van der Waals surface area contributed by atoms with E-state index in [2.05, 4.69) is 88.4 Å². The molecule has 0 saturated carbocycles. The summed E-state index contributed by atoms with van der Waals surface area (Å²) in [6.07, 6.45) is 1.96. The van der Waals surface area contributed by atoms with Crippen LogP contribution < -0.4 is 0 Å². The Morgan fingerprint density at radius 2 is 1.41 bits per heavy atom. The number of aryl methyl sites for hydroxylation is 2. The van der Waals surface area contributed by atoms with Crippen molar-refractivity contribution < 1.29 is 0 Å². The molecular weight excluding hydrogens is 326 g/mol. The molecular formula is C26H23N. The van der Waals surface area contributed by atoms with E-state index >= 15 is 0 Å². The summed E-state index contributed by atoms with van der Waals surface area (Å²) < 4.78 is 0. The van der Waals surface area contributed by atoms with Gasteiger partial charge < -0.3 is 0 Å². The number of rotatable bonds is 1. The number of pyridine rings is 1. The highest BCUT2D eigenvalue weighted by Gasteiger charge is 2.38. The first-order valence-corrected chi connectivity index (χ1v) is 9.57. The lowest BCUT2D eigenvalue weighted by Crippen LogP contribution is -2.17. The van der Waals surface area contributed by atoms with Gasteiger partial charge in [-0.1, -0.05) is 55.3 Å². The van der Waals surface area contributed by atoms with Crippen molar-refractivity contribution in [1.29, 1.82) is 0 Å². The molecule has 5 rings (SSSR count). The third kappa shape index (κ3) is 2.35. The smallest absolute Gasteiger partial charge is 0.0749 e. The lowest BCUT2D eigenvalue weighted by Gasteiger charge is -2.24. The second-order valence-electron chi connectivity index (χ2n) is 8.33. The zero-order valence-electron chi connectivity index (χ0n) is 16.3. The Labute approximate surface area is 160 Å². The Hall–Kier alpha value is -2.93. The largest absolute Gasteiger partial charge is 0.256 e. The van der Waals surface area contributed by atoms with Crippen LogP contribution in [0, 0.1) is 13.8 Å². The second kappa shape index (κ2) is 5.53. The number of hydrogen-bond donors (Lipinski definition) is 0. The number of nitrogens with zero attached hydrogens (tertiary/aromatic N) is 1. The molecule has 0 fully saturated rings. The van der Waals surface area contributed by atoms with Crippen molar-refractivity contribution in [3.05, 3.63) is 89.1 Å². The van der Waals surface area contributed by atoms with Gasteiger partial charge in [0.15, 0.2) is 0 Å². The summed E-state index contributed by atoms with van der Waals surface area (Å²) in [7, 11) is 0. The van der Waals surface area contributed by atoms with Gasteiger partial charge in [0.1, 0.15) is 0 Å². The molecule has 0 radical (unpaired) electrons. The van der Waals surface area contributed by atoms with Crippen LogP contribution >= 0.6 is 0 Å². The molecule has 1 nitrogen and oxygen atoms in total. The monoisotopic (exact) mass is 349 g/mol. The predicted octanol–water partition coefficient (Wildman–Crippen LogP) is 6.82. The van der Waals surface area contributed by atoms with E-state index in [0.29, 0.717) is 0 Å². The minimum absolute atomic E-state index is 0.0735. The summed E-state index contributed by atoms with van der Waals surface area (Å²) >= 11 is 0. The number of aromatic nitrogens is 1. The van der Waals surface area contributed by atoms with Crippen LogP contribution in [0.5, 0.6) is 0 Å². The van der Waals surface area contributed by atoms with Gasteiger partial charge in [0.25, 0.3) is 0 Å². The fraction of sp³-hybridized carbons (Fsp3) is 0.192. The van der Waals surface area contributed by atoms with E-state index in [9.17, 15) is 0 Å². The lowest BCUT2D eigenvalue weighted by molar-refractivity contribution is 0.660. The first-order valence-electron chi connectivity index (χ1n) is 9.57. The van der Waals surface area contributed by atoms with Crippen molar-refractivity contribution in [2.75, 3.05) is 0 Å². The van der Waals surface area contributed by atoms with E-state index in [1.165, 1.54) is 49.7 Å². The van der Waals surface area contributed by atoms with Crippen LogP contribution in [-0.2, 0) is 5.41 Å². The van der Waals surface area contributed by atoms with Crippen molar-refractivity contribution in [3.63, 3.8) is 0 Å². The highest BCUT2D eigenvalue weighted by atomic mass is 14.7. The van der Waals surface area contributed by atoms with Crippen molar-refractivity contribution in [2.24, 2.45) is 0 Å². The molecule has 1 heteroatoms. The van der Waals surface area contributed by atoms with Crippen molar-refractivity contribution in [2.45, 2.75) is 33.1 Å². The molecule has 3 aromatic carbocycles. The predicted molar refractivity (Wildman–Crippen MR) is 114 cm³/mol. The maximum atomic E-state index is 4.85. The standard InChI is InChI=1S/C26H23N/c1-16-11-17(2)13-20(12-16)25-24-21(9-10-27-25)22-14-18-7-5-6-8-19(18)15-23(22)26(24,3)4/h5-15H,1-4H3. The Morgan fingerprint density at radius 1 is 0.741 bits per heavy atom. The van der Waals surface area contributed by atoms with Crippen LogP contribution in [-0.4, -0.2) is 4.98 Å². The molecule has 0 spiro atoms. The molecule has 0 bridgehead atoms. The van der Waals surface area contributed by atoms with E-state index in [1.54, 1.807) is 0 Å². The van der Waals surface area contributed by atoms with E-state index in [1.807, 2.05) is 6.20 Å². The Balaban J connectivity index is 1.83. The van der Waals surface area contributed by atoms with Gasteiger partial charge in [-0.25, -0.2) is 0 Å². The first-order chi connectivity index (χ1) is 12.9. The minimum Gasteiger partial charge on any atom is -0.256 e. The zero-order valence-corrected chi connectivity index (χ0v) is 16.3. The number of benzene rings is 3. The van der Waals surface area contributed by atoms with Gasteiger partial charge in [-0.15, -0.1) is 0 Å². The summed E-state index contributed by atoms with van der Waals surface area (Å²) in [5, 5.41) is 2.60. The van der Waals surface area contributed by atoms with Crippen LogP contribution in [0.2, 0.25) is 0 Å². The Kier molecular flexibility index (Phi) is 3.33. The molecule has 1 aromatic heterocycles. The number of fused-ring (bicyclic) bond motifs is 4. The molecule has 1 heterocycles. The fourth-order valence-electron chi connectivity index (χ4n) is 4.76. The lowest BCUT2D eigenvalue weighted by atomic mass is 9.80. The SMILES string of the molecule is Cc1cc(C)cc(-c2nccc3c2C(C)(C)c2cc4ccccc4cc2-3)c1. The van der Waals surface area contributed by atoms with Gasteiger partial charge in [-0.3, -0.25) is 4.98 Å². The molecule has 1 aliphatic carbocycles. The van der Waals surface area contributed by atoms with Gasteiger partial charge >= 0.3 is 0 Å². The van der Waals surface area contributed by atoms with Crippen molar-refractivity contribution in [3.8, 4) is 22.4 Å². The van der Waals surface area contributed by atoms with Crippen LogP contribution in [0.1, 0.15) is 36.1 Å². The van der Waals surface area contributed by atoms with Gasteiger partial charge in [0.05, 0.1) is 5.69 Å². The van der Waals surface area contributed by atoms with Gasteiger partial charge in [-0.05, 0) is 77.2 Å². The molecule has 0 atom stereocenters. The van der Waals surface area contributed by atoms with E-state index in [-0.39, 0.29) is 5.41 Å². The topological polar surface area (TPSA) is 12.9 Å². The van der Waals surface area contributed by atoms with Crippen LogP contribution in [0.4, 0.5) is 0 Å². The second-order valence-corrected chi connectivity index (χ2v) is 8.33. The summed E-state index contributed by atoms with van der Waals surface area (Å²) in [6.45, 7) is 8.99. The summed E-state index contributed by atoms with van der Waals surface area (Å²) in [5.74, 6) is 0. The first kappa shape index (κ1) is 16.3. The molecule has 4 aromatic rings. The highest BCUT2D eigenvalue weighted by molar-refractivity contribution is 5.95. The van der Waals surface area contributed by atoms with Crippen LogP contribution in [0.15, 0.2) is 66.9 Å². The van der Waals surface area contributed by atoms with Gasteiger partial charge in [-0.2, -0.15) is 0 Å². The van der Waals surface area contributed by atoms with E-state index < -0.39 is 0 Å². The van der Waals surface area contributed by atoms with Gasteiger partial charge in [0.2, 0.25) is 0 Å². The highest BCUT2D eigenvalue weighted by Crippen LogP contribution is 2.52. The molecule has 1 aliphatic rings. The molecule has 0 saturated heterocycles. The van der Waals surface area contributed by atoms with Crippen LogP contribution in [0.25, 0.3) is 33.2 Å². The maximum Gasteiger partial charge on any atom is 0.0749 e. The molecule has 0 aliphatic heterocycles. The average molecular weight is 349 g/mol.